The second-order valence-electron chi connectivity index (χ2n) is 6.81. The van der Waals surface area contributed by atoms with Crippen LogP contribution in [-0.2, 0) is 9.59 Å². The molecule has 0 saturated heterocycles. The molecule has 0 aliphatic rings. The number of nitrogens with zero attached hydrogens (tertiary/aromatic N) is 2. The molecule has 1 aromatic carbocycles. The number of likely N-dealkylation sites (N-methyl/N-ethyl adjacent to an activating group) is 1. The summed E-state index contributed by atoms with van der Waals surface area (Å²) in [7, 11) is 4.55. The van der Waals surface area contributed by atoms with Crippen molar-refractivity contribution in [2.75, 3.05) is 47.5 Å². The summed E-state index contributed by atoms with van der Waals surface area (Å²) >= 11 is 6.80. The van der Waals surface area contributed by atoms with Gasteiger partial charge in [0.15, 0.2) is 11.5 Å². The molecule has 7 nitrogen and oxygen atoms in total. The largest absolute Gasteiger partial charge is 0.493 e. The molecule has 2 amide bonds. The highest BCUT2D eigenvalue weighted by molar-refractivity contribution is 6.50. The first-order valence-electron chi connectivity index (χ1n) is 10.8. The summed E-state index contributed by atoms with van der Waals surface area (Å²) in [5.41, 5.74) is 1.05. The fourth-order valence-electron chi connectivity index (χ4n) is 3.32. The molecule has 178 valence electrons. The smallest absolute Gasteiger partial charge is 0.246 e. The molecule has 0 aliphatic heterocycles. The highest BCUT2D eigenvalue weighted by atomic mass is 35.5. The second-order valence-corrected chi connectivity index (χ2v) is 7.19. The lowest BCUT2D eigenvalue weighted by Gasteiger charge is -2.20. The molecular formula is C24H35ClN2O5. The van der Waals surface area contributed by atoms with Gasteiger partial charge in [-0.3, -0.25) is 9.59 Å². The van der Waals surface area contributed by atoms with Crippen LogP contribution < -0.4 is 14.2 Å². The standard InChI is InChI=1S/C24H35ClN2O5/c1-8-26(9-2)20(28)15-12-17(16-21(29)27(10-3)11-4)22(25)18-13-14-19(30-5)24(32-7)23(18)31-6/h12-15H,8-11,16H2,1-7H3/b15-12+,22-17-. The van der Waals surface area contributed by atoms with Crippen LogP contribution in [0.3, 0.4) is 0 Å². The van der Waals surface area contributed by atoms with E-state index < -0.39 is 0 Å². The van der Waals surface area contributed by atoms with Crippen molar-refractivity contribution in [3.05, 3.63) is 35.4 Å². The fraction of sp³-hybridized carbons (Fsp3) is 0.500. The predicted molar refractivity (Wildman–Crippen MR) is 128 cm³/mol. The van der Waals surface area contributed by atoms with Crippen LogP contribution in [0.25, 0.3) is 5.03 Å². The number of amides is 2. The van der Waals surface area contributed by atoms with Crippen molar-refractivity contribution in [1.82, 2.24) is 9.80 Å². The van der Waals surface area contributed by atoms with E-state index in [1.165, 1.54) is 27.4 Å². The number of rotatable bonds is 12. The first kappa shape index (κ1) is 27.4. The van der Waals surface area contributed by atoms with Crippen LogP contribution in [0.5, 0.6) is 17.2 Å². The minimum Gasteiger partial charge on any atom is -0.493 e. The number of hydrogen-bond acceptors (Lipinski definition) is 5. The van der Waals surface area contributed by atoms with Gasteiger partial charge in [-0.2, -0.15) is 0 Å². The van der Waals surface area contributed by atoms with Crippen LogP contribution in [0.2, 0.25) is 0 Å². The molecule has 32 heavy (non-hydrogen) atoms. The topological polar surface area (TPSA) is 68.3 Å². The van der Waals surface area contributed by atoms with Crippen LogP contribution in [0, 0.1) is 0 Å². The zero-order valence-electron chi connectivity index (χ0n) is 20.2. The number of ether oxygens (including phenoxy) is 3. The van der Waals surface area contributed by atoms with Crippen LogP contribution in [-0.4, -0.2) is 69.1 Å². The number of methoxy groups -OCH3 is 3. The van der Waals surface area contributed by atoms with Gasteiger partial charge in [0.2, 0.25) is 17.6 Å². The maximum Gasteiger partial charge on any atom is 0.246 e. The molecule has 0 aromatic heterocycles. The number of benzene rings is 1. The Labute approximate surface area is 196 Å². The van der Waals surface area contributed by atoms with Gasteiger partial charge in [-0.1, -0.05) is 17.7 Å². The molecule has 0 spiro atoms. The lowest BCUT2D eigenvalue weighted by molar-refractivity contribution is -0.130. The zero-order valence-corrected chi connectivity index (χ0v) is 20.9. The van der Waals surface area contributed by atoms with Gasteiger partial charge in [-0.05, 0) is 45.4 Å². The lowest BCUT2D eigenvalue weighted by atomic mass is 10.0. The Morgan fingerprint density at radius 2 is 1.41 bits per heavy atom. The number of allylic oxidation sites excluding steroid dienone is 1. The highest BCUT2D eigenvalue weighted by Gasteiger charge is 2.21. The molecule has 0 atom stereocenters. The summed E-state index contributed by atoms with van der Waals surface area (Å²) in [6, 6.07) is 3.46. The fourth-order valence-corrected chi connectivity index (χ4v) is 3.60. The van der Waals surface area contributed by atoms with Crippen molar-refractivity contribution < 1.29 is 23.8 Å². The van der Waals surface area contributed by atoms with Gasteiger partial charge in [0.05, 0.1) is 32.8 Å². The minimum atomic E-state index is -0.147. The Hall–Kier alpha value is -2.67. The normalized spacial score (nSPS) is 11.8. The Morgan fingerprint density at radius 3 is 1.88 bits per heavy atom. The Bertz CT molecular complexity index is 843. The molecule has 0 N–H and O–H groups in total. The van der Waals surface area contributed by atoms with E-state index in [0.717, 1.165) is 0 Å². The summed E-state index contributed by atoms with van der Waals surface area (Å²) < 4.78 is 16.4. The molecule has 0 aliphatic carbocycles. The minimum absolute atomic E-state index is 0.0417. The first-order valence-corrected chi connectivity index (χ1v) is 11.1. The lowest BCUT2D eigenvalue weighted by Crippen LogP contribution is -2.30. The van der Waals surface area contributed by atoms with Crippen molar-refractivity contribution in [1.29, 1.82) is 0 Å². The van der Waals surface area contributed by atoms with Gasteiger partial charge >= 0.3 is 0 Å². The van der Waals surface area contributed by atoms with Gasteiger partial charge < -0.3 is 24.0 Å². The summed E-state index contributed by atoms with van der Waals surface area (Å²) in [5.74, 6) is 1.04. The van der Waals surface area contributed by atoms with E-state index in [0.29, 0.717) is 59.6 Å². The Balaban J connectivity index is 3.60. The molecule has 0 radical (unpaired) electrons. The van der Waals surface area contributed by atoms with E-state index in [9.17, 15) is 9.59 Å². The van der Waals surface area contributed by atoms with Gasteiger partial charge in [-0.15, -0.1) is 0 Å². The van der Waals surface area contributed by atoms with Gasteiger partial charge in [-0.25, -0.2) is 0 Å². The van der Waals surface area contributed by atoms with Crippen molar-refractivity contribution in [3.8, 4) is 17.2 Å². The summed E-state index contributed by atoms with van der Waals surface area (Å²) in [6.45, 7) is 10.0. The number of carbonyl (C=O) groups excluding carboxylic acids is 2. The van der Waals surface area contributed by atoms with Crippen molar-refractivity contribution >= 4 is 28.4 Å². The van der Waals surface area contributed by atoms with E-state index in [1.54, 1.807) is 28.0 Å². The Kier molecular flexibility index (Phi) is 11.7. The molecule has 1 aromatic rings. The van der Waals surface area contributed by atoms with Crippen LogP contribution in [0.4, 0.5) is 0 Å². The second kappa shape index (κ2) is 13.7. The molecule has 0 fully saturated rings. The highest BCUT2D eigenvalue weighted by Crippen LogP contribution is 2.44. The monoisotopic (exact) mass is 466 g/mol. The maximum absolute atomic E-state index is 12.8. The maximum atomic E-state index is 12.8. The SMILES string of the molecule is CCN(CC)C(=O)/C=C/C(CC(=O)N(CC)CC)=C(/Cl)c1ccc(OC)c(OC)c1OC. The molecule has 0 bridgehead atoms. The van der Waals surface area contributed by atoms with Crippen LogP contribution >= 0.6 is 11.6 Å². The van der Waals surface area contributed by atoms with E-state index in [4.69, 9.17) is 25.8 Å². The van der Waals surface area contributed by atoms with Gasteiger partial charge in [0.1, 0.15) is 0 Å². The third kappa shape index (κ3) is 6.66. The van der Waals surface area contributed by atoms with E-state index in [-0.39, 0.29) is 18.2 Å². The zero-order chi connectivity index (χ0) is 24.3. The third-order valence-electron chi connectivity index (χ3n) is 5.18. The van der Waals surface area contributed by atoms with Crippen molar-refractivity contribution in [2.45, 2.75) is 34.1 Å². The quantitative estimate of drug-likeness (QED) is 0.338. The van der Waals surface area contributed by atoms with Crippen molar-refractivity contribution in [3.63, 3.8) is 0 Å². The molecule has 1 rings (SSSR count). The average molecular weight is 467 g/mol. The predicted octanol–water partition coefficient (Wildman–Crippen LogP) is 4.35. The van der Waals surface area contributed by atoms with E-state index in [2.05, 4.69) is 0 Å². The average Bonchev–Trinajstić information content (AvgIpc) is 2.81. The number of hydrogen-bond donors (Lipinski definition) is 0. The molecule has 8 heteroatoms. The van der Waals surface area contributed by atoms with Crippen LogP contribution in [0.1, 0.15) is 39.7 Å². The summed E-state index contributed by atoms with van der Waals surface area (Å²) in [5, 5.41) is 0.298. The third-order valence-corrected chi connectivity index (χ3v) is 5.63. The molecular weight excluding hydrogens is 432 g/mol. The van der Waals surface area contributed by atoms with Crippen LogP contribution in [0.15, 0.2) is 29.9 Å². The molecule has 0 saturated carbocycles. The number of carbonyl (C=O) groups is 2. The Morgan fingerprint density at radius 1 is 0.844 bits per heavy atom. The van der Waals surface area contributed by atoms with Gasteiger partial charge in [0, 0.05) is 37.8 Å². The summed E-state index contributed by atoms with van der Waals surface area (Å²) in [6.07, 6.45) is 3.11. The molecule has 0 heterocycles. The first-order chi connectivity index (χ1) is 15.3. The summed E-state index contributed by atoms with van der Waals surface area (Å²) in [4.78, 5) is 28.8. The molecule has 0 unspecified atom stereocenters. The number of halogens is 1. The van der Waals surface area contributed by atoms with Crippen molar-refractivity contribution in [2.24, 2.45) is 0 Å². The van der Waals surface area contributed by atoms with E-state index >= 15 is 0 Å². The van der Waals surface area contributed by atoms with Gasteiger partial charge in [0.25, 0.3) is 0 Å². The van der Waals surface area contributed by atoms with E-state index in [1.807, 2.05) is 27.7 Å².